The number of halogens is 2. The Bertz CT molecular complexity index is 523. The van der Waals surface area contributed by atoms with Gasteiger partial charge in [-0.25, -0.2) is 4.39 Å². The highest BCUT2D eigenvalue weighted by molar-refractivity contribution is 9.10. The van der Waals surface area contributed by atoms with Crippen molar-refractivity contribution in [2.45, 2.75) is 32.6 Å². The summed E-state index contributed by atoms with van der Waals surface area (Å²) in [6.07, 6.45) is 0.621. The molecule has 0 amide bonds. The van der Waals surface area contributed by atoms with Crippen molar-refractivity contribution in [1.29, 1.82) is 5.26 Å². The largest absolute Gasteiger partial charge is 0.481 e. The van der Waals surface area contributed by atoms with Crippen molar-refractivity contribution in [3.05, 3.63) is 34.1 Å². The van der Waals surface area contributed by atoms with Gasteiger partial charge in [-0.3, -0.25) is 4.79 Å². The van der Waals surface area contributed by atoms with E-state index < -0.39 is 23.1 Å². The van der Waals surface area contributed by atoms with Gasteiger partial charge in [0.15, 0.2) is 0 Å². The minimum Gasteiger partial charge on any atom is -0.481 e. The van der Waals surface area contributed by atoms with Gasteiger partial charge in [-0.15, -0.1) is 0 Å². The lowest BCUT2D eigenvalue weighted by molar-refractivity contribution is -0.139. The molecule has 0 spiro atoms. The van der Waals surface area contributed by atoms with Crippen LogP contribution in [0.5, 0.6) is 0 Å². The van der Waals surface area contributed by atoms with Crippen molar-refractivity contribution in [3.63, 3.8) is 0 Å². The molecule has 1 aromatic carbocycles. The molecule has 0 aliphatic carbocycles. The van der Waals surface area contributed by atoms with Crippen LogP contribution in [0.15, 0.2) is 22.7 Å². The van der Waals surface area contributed by atoms with Crippen LogP contribution in [0.1, 0.15) is 38.2 Å². The van der Waals surface area contributed by atoms with Crippen LogP contribution in [-0.4, -0.2) is 11.1 Å². The van der Waals surface area contributed by atoms with Crippen LogP contribution in [0, 0.1) is 22.6 Å². The fourth-order valence-corrected chi connectivity index (χ4v) is 2.14. The number of benzene rings is 1. The number of carbonyl (C=O) groups is 1. The molecule has 0 aliphatic heterocycles. The van der Waals surface area contributed by atoms with E-state index in [0.717, 1.165) is 0 Å². The van der Waals surface area contributed by atoms with Gasteiger partial charge >= 0.3 is 5.97 Å². The molecular weight excluding hydrogens is 313 g/mol. The van der Waals surface area contributed by atoms with Crippen molar-refractivity contribution in [1.82, 2.24) is 0 Å². The number of carboxylic acid groups (broad SMARTS) is 1. The van der Waals surface area contributed by atoms with E-state index >= 15 is 0 Å². The highest BCUT2D eigenvalue weighted by Gasteiger charge is 2.27. The number of carboxylic acids is 1. The van der Waals surface area contributed by atoms with E-state index in [0.29, 0.717) is 6.42 Å². The molecule has 3 nitrogen and oxygen atoms in total. The second-order valence-corrected chi connectivity index (χ2v) is 5.92. The molecule has 0 heterocycles. The smallest absolute Gasteiger partial charge is 0.311 e. The van der Waals surface area contributed by atoms with Crippen LogP contribution in [-0.2, 0) is 4.79 Å². The summed E-state index contributed by atoms with van der Waals surface area (Å²) in [6.45, 7) is 3.48. The summed E-state index contributed by atoms with van der Waals surface area (Å²) in [5.41, 5.74) is -0.466. The highest BCUT2D eigenvalue weighted by atomic mass is 79.9. The van der Waals surface area contributed by atoms with Gasteiger partial charge in [0.1, 0.15) is 5.82 Å². The first-order valence-corrected chi connectivity index (χ1v) is 6.66. The third-order valence-corrected chi connectivity index (χ3v) is 3.63. The van der Waals surface area contributed by atoms with Crippen molar-refractivity contribution in [2.75, 3.05) is 0 Å². The fraction of sp³-hybridized carbons (Fsp3) is 0.429. The summed E-state index contributed by atoms with van der Waals surface area (Å²) in [5, 5.41) is 18.2. The predicted molar refractivity (Wildman–Crippen MR) is 73.1 cm³/mol. The number of rotatable bonds is 5. The predicted octanol–water partition coefficient (Wildman–Crippen LogP) is 4.09. The third-order valence-electron chi connectivity index (χ3n) is 3.02. The molecule has 1 atom stereocenters. The Kier molecular flexibility index (Phi) is 5.07. The minimum atomic E-state index is -1.08. The summed E-state index contributed by atoms with van der Waals surface area (Å²) < 4.78 is 14.2. The zero-order valence-electron chi connectivity index (χ0n) is 10.8. The molecule has 5 heteroatoms. The van der Waals surface area contributed by atoms with Crippen LogP contribution in [0.3, 0.4) is 0 Å². The van der Waals surface area contributed by atoms with Crippen LogP contribution in [0.4, 0.5) is 4.39 Å². The van der Waals surface area contributed by atoms with Gasteiger partial charge in [-0.2, -0.15) is 5.26 Å². The maximum absolute atomic E-state index is 13.9. The van der Waals surface area contributed by atoms with Crippen molar-refractivity contribution in [3.8, 4) is 6.07 Å². The third kappa shape index (κ3) is 4.03. The Balaban J connectivity index is 3.00. The summed E-state index contributed by atoms with van der Waals surface area (Å²) >= 11 is 3.05. The van der Waals surface area contributed by atoms with Crippen LogP contribution >= 0.6 is 15.9 Å². The standard InChI is InChI=1S/C14H15BrFNO2/c1-14(2,8-17)7-6-10(13(18)19)9-4-3-5-11(15)12(9)16/h3-5,10H,6-7H2,1-2H3,(H,18,19). The number of hydrogen-bond donors (Lipinski definition) is 1. The van der Waals surface area contributed by atoms with Gasteiger partial charge in [-0.1, -0.05) is 12.1 Å². The second kappa shape index (κ2) is 6.16. The van der Waals surface area contributed by atoms with Crippen molar-refractivity contribution < 1.29 is 14.3 Å². The molecule has 0 bridgehead atoms. The maximum Gasteiger partial charge on any atom is 0.311 e. The Morgan fingerprint density at radius 2 is 2.21 bits per heavy atom. The maximum atomic E-state index is 13.9. The van der Waals surface area contributed by atoms with Crippen molar-refractivity contribution >= 4 is 21.9 Å². The van der Waals surface area contributed by atoms with Crippen LogP contribution < -0.4 is 0 Å². The van der Waals surface area contributed by atoms with Gasteiger partial charge in [0.2, 0.25) is 0 Å². The van der Waals surface area contributed by atoms with E-state index in [1.54, 1.807) is 19.9 Å². The van der Waals surface area contributed by atoms with E-state index in [1.165, 1.54) is 12.1 Å². The van der Waals surface area contributed by atoms with E-state index in [2.05, 4.69) is 22.0 Å². The average molecular weight is 328 g/mol. The van der Waals surface area contributed by atoms with E-state index in [-0.39, 0.29) is 16.5 Å². The molecule has 0 aliphatic rings. The van der Waals surface area contributed by atoms with Gasteiger partial charge < -0.3 is 5.11 Å². The number of nitrogens with zero attached hydrogens (tertiary/aromatic N) is 1. The number of aliphatic carboxylic acids is 1. The van der Waals surface area contributed by atoms with E-state index in [1.807, 2.05) is 0 Å². The first kappa shape index (κ1) is 15.6. The lowest BCUT2D eigenvalue weighted by atomic mass is 9.84. The molecule has 1 rings (SSSR count). The Morgan fingerprint density at radius 3 is 2.74 bits per heavy atom. The molecule has 1 unspecified atom stereocenters. The lowest BCUT2D eigenvalue weighted by Gasteiger charge is -2.19. The van der Waals surface area contributed by atoms with E-state index in [4.69, 9.17) is 5.26 Å². The first-order chi connectivity index (χ1) is 8.78. The zero-order valence-corrected chi connectivity index (χ0v) is 12.4. The second-order valence-electron chi connectivity index (χ2n) is 5.07. The topological polar surface area (TPSA) is 61.1 Å². The Labute approximate surface area is 120 Å². The van der Waals surface area contributed by atoms with Gasteiger partial charge in [-0.05, 0) is 48.7 Å². The number of nitriles is 1. The molecule has 19 heavy (non-hydrogen) atoms. The van der Waals surface area contributed by atoms with Gasteiger partial charge in [0, 0.05) is 5.56 Å². The summed E-state index contributed by atoms with van der Waals surface area (Å²) in [6, 6.07) is 6.72. The lowest BCUT2D eigenvalue weighted by Crippen LogP contribution is -2.17. The highest BCUT2D eigenvalue weighted by Crippen LogP contribution is 2.32. The Hall–Kier alpha value is -1.41. The quantitative estimate of drug-likeness (QED) is 0.886. The number of hydrogen-bond acceptors (Lipinski definition) is 2. The van der Waals surface area contributed by atoms with E-state index in [9.17, 15) is 14.3 Å². The molecule has 1 aromatic rings. The molecular formula is C14H15BrFNO2. The molecule has 0 aromatic heterocycles. The van der Waals surface area contributed by atoms with Gasteiger partial charge in [0.25, 0.3) is 0 Å². The Morgan fingerprint density at radius 1 is 1.58 bits per heavy atom. The fourth-order valence-electron chi connectivity index (χ4n) is 1.76. The van der Waals surface area contributed by atoms with Crippen LogP contribution in [0.25, 0.3) is 0 Å². The SMILES string of the molecule is CC(C)(C#N)CCC(C(=O)O)c1cccc(Br)c1F. The molecule has 0 saturated heterocycles. The summed E-state index contributed by atoms with van der Waals surface area (Å²) in [7, 11) is 0. The summed E-state index contributed by atoms with van der Waals surface area (Å²) in [5.74, 6) is -2.57. The minimum absolute atomic E-state index is 0.149. The molecule has 102 valence electrons. The molecule has 0 fully saturated rings. The molecule has 0 radical (unpaired) electrons. The molecule has 1 N–H and O–H groups in total. The molecule has 0 saturated carbocycles. The zero-order chi connectivity index (χ0) is 14.6. The van der Waals surface area contributed by atoms with Gasteiger partial charge in [0.05, 0.1) is 21.9 Å². The average Bonchev–Trinajstić information content (AvgIpc) is 2.34. The summed E-state index contributed by atoms with van der Waals surface area (Å²) in [4.78, 5) is 11.3. The monoisotopic (exact) mass is 327 g/mol. The van der Waals surface area contributed by atoms with Crippen LogP contribution in [0.2, 0.25) is 0 Å². The normalized spacial score (nSPS) is 12.8. The first-order valence-electron chi connectivity index (χ1n) is 5.86. The van der Waals surface area contributed by atoms with Crippen molar-refractivity contribution in [2.24, 2.45) is 5.41 Å².